The van der Waals surface area contributed by atoms with Crippen LogP contribution in [0.1, 0.15) is 22.3 Å². The number of morpholine rings is 1. The van der Waals surface area contributed by atoms with Gasteiger partial charge in [-0.05, 0) is 34.9 Å². The number of nitrogens with one attached hydrogen (secondary N) is 1. The molecule has 8 heteroatoms. The average Bonchev–Trinajstić information content (AvgIpc) is 2.72. The van der Waals surface area contributed by atoms with Crippen LogP contribution in [0.5, 0.6) is 0 Å². The first-order valence-corrected chi connectivity index (χ1v) is 9.89. The second kappa shape index (κ2) is 10.1. The molecule has 0 bridgehead atoms. The van der Waals surface area contributed by atoms with Crippen molar-refractivity contribution >= 4 is 23.6 Å². The fraction of sp³-hybridized carbons (Fsp3) is 0.318. The SMILES string of the molecule is O=C(/C=C/c1ccc(Cl)c(C(F)(F)F)c1)NCc1cccc(CN2CCOCC2)c1. The van der Waals surface area contributed by atoms with Crippen molar-refractivity contribution < 1.29 is 22.7 Å². The van der Waals surface area contributed by atoms with E-state index in [1.165, 1.54) is 24.3 Å². The molecule has 0 radical (unpaired) electrons. The lowest BCUT2D eigenvalue weighted by molar-refractivity contribution is -0.137. The Balaban J connectivity index is 1.55. The summed E-state index contributed by atoms with van der Waals surface area (Å²) in [6.07, 6.45) is -2.01. The Morgan fingerprint density at radius 3 is 2.60 bits per heavy atom. The van der Waals surface area contributed by atoms with Crippen LogP contribution >= 0.6 is 11.6 Å². The van der Waals surface area contributed by atoms with Gasteiger partial charge in [-0.3, -0.25) is 9.69 Å². The number of alkyl halides is 3. The number of hydrogen-bond acceptors (Lipinski definition) is 3. The predicted molar refractivity (Wildman–Crippen MR) is 110 cm³/mol. The summed E-state index contributed by atoms with van der Waals surface area (Å²) in [6.45, 7) is 4.41. The molecule has 3 rings (SSSR count). The summed E-state index contributed by atoms with van der Waals surface area (Å²) < 4.78 is 44.1. The van der Waals surface area contributed by atoms with E-state index in [-0.39, 0.29) is 10.6 Å². The zero-order valence-corrected chi connectivity index (χ0v) is 17.0. The topological polar surface area (TPSA) is 41.6 Å². The molecule has 0 saturated carbocycles. The molecule has 1 saturated heterocycles. The van der Waals surface area contributed by atoms with Gasteiger partial charge in [0.15, 0.2) is 0 Å². The van der Waals surface area contributed by atoms with Crippen molar-refractivity contribution in [2.24, 2.45) is 0 Å². The minimum Gasteiger partial charge on any atom is -0.379 e. The summed E-state index contributed by atoms with van der Waals surface area (Å²) in [7, 11) is 0. The van der Waals surface area contributed by atoms with Crippen LogP contribution < -0.4 is 5.32 Å². The van der Waals surface area contributed by atoms with Crippen LogP contribution in [-0.4, -0.2) is 37.1 Å². The second-order valence-electron chi connectivity index (χ2n) is 7.00. The van der Waals surface area contributed by atoms with Crippen molar-refractivity contribution in [2.45, 2.75) is 19.3 Å². The van der Waals surface area contributed by atoms with E-state index in [0.29, 0.717) is 6.54 Å². The van der Waals surface area contributed by atoms with Crippen molar-refractivity contribution in [3.05, 3.63) is 75.8 Å². The maximum atomic E-state index is 12.9. The van der Waals surface area contributed by atoms with Gasteiger partial charge in [-0.15, -0.1) is 0 Å². The van der Waals surface area contributed by atoms with Gasteiger partial charge in [-0.1, -0.05) is 41.9 Å². The van der Waals surface area contributed by atoms with Crippen LogP contribution in [0.4, 0.5) is 13.2 Å². The number of benzene rings is 2. The minimum atomic E-state index is -4.55. The Morgan fingerprint density at radius 2 is 1.87 bits per heavy atom. The molecule has 1 aliphatic heterocycles. The number of ether oxygens (including phenoxy) is 1. The lowest BCUT2D eigenvalue weighted by Gasteiger charge is -2.26. The van der Waals surface area contributed by atoms with E-state index in [2.05, 4.69) is 10.2 Å². The highest BCUT2D eigenvalue weighted by molar-refractivity contribution is 6.31. The molecule has 0 atom stereocenters. The highest BCUT2D eigenvalue weighted by atomic mass is 35.5. The van der Waals surface area contributed by atoms with Gasteiger partial charge in [0, 0.05) is 32.3 Å². The summed E-state index contributed by atoms with van der Waals surface area (Å²) in [5, 5.41) is 2.37. The first-order chi connectivity index (χ1) is 14.3. The number of amides is 1. The zero-order valence-electron chi connectivity index (χ0n) is 16.2. The molecular weight excluding hydrogens is 417 g/mol. The molecule has 0 spiro atoms. The molecule has 0 aromatic heterocycles. The maximum absolute atomic E-state index is 12.9. The number of rotatable bonds is 6. The molecule has 2 aromatic rings. The van der Waals surface area contributed by atoms with Gasteiger partial charge in [-0.2, -0.15) is 13.2 Å². The molecule has 160 valence electrons. The maximum Gasteiger partial charge on any atom is 0.417 e. The second-order valence-corrected chi connectivity index (χ2v) is 7.40. The Labute approximate surface area is 178 Å². The number of carbonyl (C=O) groups excluding carboxylic acids is 1. The molecule has 30 heavy (non-hydrogen) atoms. The monoisotopic (exact) mass is 438 g/mol. The average molecular weight is 439 g/mol. The van der Waals surface area contributed by atoms with Crippen LogP contribution in [0.25, 0.3) is 6.08 Å². The third kappa shape index (κ3) is 6.58. The van der Waals surface area contributed by atoms with E-state index in [4.69, 9.17) is 16.3 Å². The molecule has 1 amide bonds. The highest BCUT2D eigenvalue weighted by Gasteiger charge is 2.33. The van der Waals surface area contributed by atoms with Crippen LogP contribution in [-0.2, 0) is 28.8 Å². The lowest BCUT2D eigenvalue weighted by Crippen LogP contribution is -2.35. The van der Waals surface area contributed by atoms with Gasteiger partial charge in [0.2, 0.25) is 5.91 Å². The first-order valence-electron chi connectivity index (χ1n) is 9.52. The van der Waals surface area contributed by atoms with Crippen LogP contribution in [0.2, 0.25) is 5.02 Å². The number of carbonyl (C=O) groups is 1. The Morgan fingerprint density at radius 1 is 1.13 bits per heavy atom. The molecule has 1 heterocycles. The van der Waals surface area contributed by atoms with Crippen molar-refractivity contribution in [1.82, 2.24) is 10.2 Å². The molecule has 1 fully saturated rings. The van der Waals surface area contributed by atoms with E-state index in [1.54, 1.807) is 0 Å². The van der Waals surface area contributed by atoms with E-state index in [0.717, 1.165) is 50.0 Å². The van der Waals surface area contributed by atoms with Crippen molar-refractivity contribution in [3.63, 3.8) is 0 Å². The first kappa shape index (κ1) is 22.3. The van der Waals surface area contributed by atoms with Crippen molar-refractivity contribution in [3.8, 4) is 0 Å². The van der Waals surface area contributed by atoms with E-state index in [1.807, 2.05) is 24.3 Å². The molecular formula is C22H22ClF3N2O2. The predicted octanol–water partition coefficient (Wildman–Crippen LogP) is 4.52. The highest BCUT2D eigenvalue weighted by Crippen LogP contribution is 2.35. The molecule has 1 N–H and O–H groups in total. The van der Waals surface area contributed by atoms with Gasteiger partial charge in [0.25, 0.3) is 0 Å². The standard InChI is InChI=1S/C22H22ClF3N2O2/c23-20-6-4-16(13-19(20)22(24,25)26)5-7-21(29)27-14-17-2-1-3-18(12-17)15-28-8-10-30-11-9-28/h1-7,12-13H,8-11,14-15H2,(H,27,29)/b7-5+. The Kier molecular flexibility index (Phi) is 7.53. The lowest BCUT2D eigenvalue weighted by atomic mass is 10.1. The van der Waals surface area contributed by atoms with Crippen LogP contribution in [0.3, 0.4) is 0 Å². The van der Waals surface area contributed by atoms with Gasteiger partial charge in [0.1, 0.15) is 0 Å². The fourth-order valence-electron chi connectivity index (χ4n) is 3.14. The molecule has 1 aliphatic rings. The number of nitrogens with zero attached hydrogens (tertiary/aromatic N) is 1. The number of halogens is 4. The molecule has 0 aliphatic carbocycles. The van der Waals surface area contributed by atoms with Crippen LogP contribution in [0.15, 0.2) is 48.5 Å². The summed E-state index contributed by atoms with van der Waals surface area (Å²) in [5.74, 6) is -0.392. The normalized spacial score (nSPS) is 15.5. The summed E-state index contributed by atoms with van der Waals surface area (Å²) >= 11 is 5.60. The van der Waals surface area contributed by atoms with Crippen molar-refractivity contribution in [2.75, 3.05) is 26.3 Å². The van der Waals surface area contributed by atoms with Crippen LogP contribution in [0, 0.1) is 0 Å². The van der Waals surface area contributed by atoms with Gasteiger partial charge < -0.3 is 10.1 Å². The molecule has 4 nitrogen and oxygen atoms in total. The minimum absolute atomic E-state index is 0.245. The molecule has 2 aromatic carbocycles. The molecule has 0 unspecified atom stereocenters. The summed E-state index contributed by atoms with van der Waals surface area (Å²) in [5.41, 5.74) is 1.42. The summed E-state index contributed by atoms with van der Waals surface area (Å²) in [6, 6.07) is 11.5. The third-order valence-electron chi connectivity index (χ3n) is 4.69. The third-order valence-corrected chi connectivity index (χ3v) is 5.02. The summed E-state index contributed by atoms with van der Waals surface area (Å²) in [4.78, 5) is 14.4. The van der Waals surface area contributed by atoms with Crippen molar-refractivity contribution in [1.29, 1.82) is 0 Å². The number of hydrogen-bond donors (Lipinski definition) is 1. The Hall–Kier alpha value is -2.35. The van der Waals surface area contributed by atoms with Gasteiger partial charge >= 0.3 is 6.18 Å². The fourth-order valence-corrected chi connectivity index (χ4v) is 3.36. The van der Waals surface area contributed by atoms with E-state index < -0.39 is 17.6 Å². The Bertz CT molecular complexity index is 909. The van der Waals surface area contributed by atoms with E-state index in [9.17, 15) is 18.0 Å². The van der Waals surface area contributed by atoms with Gasteiger partial charge in [-0.25, -0.2) is 0 Å². The van der Waals surface area contributed by atoms with E-state index >= 15 is 0 Å². The quantitative estimate of drug-likeness (QED) is 0.674. The smallest absolute Gasteiger partial charge is 0.379 e. The van der Waals surface area contributed by atoms with Gasteiger partial charge in [0.05, 0.1) is 23.8 Å². The zero-order chi connectivity index (χ0) is 21.6. The largest absolute Gasteiger partial charge is 0.417 e.